The van der Waals surface area contributed by atoms with Crippen LogP contribution in [0.5, 0.6) is 0 Å². The molecule has 0 fully saturated rings. The van der Waals surface area contributed by atoms with Gasteiger partial charge >= 0.3 is 5.97 Å². The van der Waals surface area contributed by atoms with Crippen LogP contribution >= 0.6 is 0 Å². The number of nitrogens with one attached hydrogen (secondary N) is 1. The van der Waals surface area contributed by atoms with Crippen molar-refractivity contribution in [3.05, 3.63) is 18.0 Å². The van der Waals surface area contributed by atoms with Gasteiger partial charge in [0.1, 0.15) is 0 Å². The molecule has 16 heavy (non-hydrogen) atoms. The molecule has 1 N–H and O–H groups in total. The van der Waals surface area contributed by atoms with E-state index in [-0.39, 0.29) is 12.5 Å². The summed E-state index contributed by atoms with van der Waals surface area (Å²) in [6.07, 6.45) is 4.87. The largest absolute Gasteiger partial charge is 0.465 e. The molecule has 0 aromatic carbocycles. The highest BCUT2D eigenvalue weighted by molar-refractivity contribution is 5.71. The van der Waals surface area contributed by atoms with Crippen molar-refractivity contribution >= 4 is 5.97 Å². The topological polar surface area (TPSA) is 56.2 Å². The average Bonchev–Trinajstić information content (AvgIpc) is 2.67. The maximum absolute atomic E-state index is 11.0. The zero-order chi connectivity index (χ0) is 11.8. The third-order valence-electron chi connectivity index (χ3n) is 2.04. The molecule has 0 aliphatic rings. The van der Waals surface area contributed by atoms with Gasteiger partial charge in [0.25, 0.3) is 0 Å². The highest BCUT2D eigenvalue weighted by Gasteiger charge is 2.01. The van der Waals surface area contributed by atoms with Crippen LogP contribution in [0.1, 0.15) is 25.8 Å². The van der Waals surface area contributed by atoms with Crippen LogP contribution in [0, 0.1) is 0 Å². The van der Waals surface area contributed by atoms with E-state index in [9.17, 15) is 4.79 Å². The average molecular weight is 225 g/mol. The predicted octanol–water partition coefficient (Wildman–Crippen LogP) is 0.946. The molecule has 5 nitrogen and oxygen atoms in total. The first-order valence-electron chi connectivity index (χ1n) is 5.64. The van der Waals surface area contributed by atoms with Crippen molar-refractivity contribution in [1.29, 1.82) is 0 Å². The molecule has 1 rings (SSSR count). The summed E-state index contributed by atoms with van der Waals surface area (Å²) in [7, 11) is 0. The fraction of sp³-hybridized carbons (Fsp3) is 0.636. The second-order valence-corrected chi connectivity index (χ2v) is 3.52. The Hall–Kier alpha value is -1.36. The summed E-state index contributed by atoms with van der Waals surface area (Å²) in [5.41, 5.74) is 1.08. The third-order valence-corrected chi connectivity index (χ3v) is 2.04. The van der Waals surface area contributed by atoms with Gasteiger partial charge in [0, 0.05) is 24.8 Å². The van der Waals surface area contributed by atoms with Gasteiger partial charge in [-0.1, -0.05) is 6.92 Å². The molecule has 1 heterocycles. The zero-order valence-electron chi connectivity index (χ0n) is 9.90. The molecule has 0 aliphatic heterocycles. The van der Waals surface area contributed by atoms with E-state index in [0.29, 0.717) is 13.2 Å². The minimum atomic E-state index is -0.219. The molecule has 0 spiro atoms. The number of aromatic nitrogens is 2. The SMILES string of the molecule is CCCn1cc(CNCC(=O)OCC)cn1. The minimum Gasteiger partial charge on any atom is -0.465 e. The second kappa shape index (κ2) is 7.00. The van der Waals surface area contributed by atoms with E-state index in [4.69, 9.17) is 4.74 Å². The molecular weight excluding hydrogens is 206 g/mol. The minimum absolute atomic E-state index is 0.219. The van der Waals surface area contributed by atoms with Crippen LogP contribution in [0.25, 0.3) is 0 Å². The molecule has 0 unspecified atom stereocenters. The normalized spacial score (nSPS) is 10.4. The molecule has 5 heteroatoms. The van der Waals surface area contributed by atoms with Crippen molar-refractivity contribution in [2.45, 2.75) is 33.4 Å². The van der Waals surface area contributed by atoms with Crippen molar-refractivity contribution in [3.63, 3.8) is 0 Å². The Morgan fingerprint density at radius 2 is 2.38 bits per heavy atom. The van der Waals surface area contributed by atoms with Crippen molar-refractivity contribution in [3.8, 4) is 0 Å². The Labute approximate surface area is 95.8 Å². The number of carbonyl (C=O) groups is 1. The number of esters is 1. The quantitative estimate of drug-likeness (QED) is 0.702. The molecule has 0 aliphatic carbocycles. The molecule has 0 amide bonds. The molecule has 0 atom stereocenters. The first kappa shape index (κ1) is 12.7. The second-order valence-electron chi connectivity index (χ2n) is 3.52. The van der Waals surface area contributed by atoms with Gasteiger partial charge in [-0.2, -0.15) is 5.10 Å². The van der Waals surface area contributed by atoms with Crippen LogP contribution in [0.3, 0.4) is 0 Å². The molecule has 1 aromatic rings. The lowest BCUT2D eigenvalue weighted by molar-refractivity contribution is -0.142. The number of rotatable bonds is 7. The van der Waals surface area contributed by atoms with Gasteiger partial charge in [-0.3, -0.25) is 9.48 Å². The van der Waals surface area contributed by atoms with Crippen LogP contribution in [-0.2, 0) is 22.6 Å². The van der Waals surface area contributed by atoms with E-state index in [1.807, 2.05) is 17.1 Å². The van der Waals surface area contributed by atoms with Gasteiger partial charge in [-0.15, -0.1) is 0 Å². The van der Waals surface area contributed by atoms with E-state index in [0.717, 1.165) is 18.5 Å². The highest BCUT2D eigenvalue weighted by atomic mass is 16.5. The van der Waals surface area contributed by atoms with Gasteiger partial charge in [0.15, 0.2) is 0 Å². The van der Waals surface area contributed by atoms with Crippen LogP contribution in [0.4, 0.5) is 0 Å². The lowest BCUT2D eigenvalue weighted by Crippen LogP contribution is -2.24. The number of hydrogen-bond acceptors (Lipinski definition) is 4. The number of ether oxygens (including phenoxy) is 1. The Morgan fingerprint density at radius 1 is 1.56 bits per heavy atom. The number of carbonyl (C=O) groups excluding carboxylic acids is 1. The monoisotopic (exact) mass is 225 g/mol. The first-order valence-corrected chi connectivity index (χ1v) is 5.64. The van der Waals surface area contributed by atoms with Crippen molar-refractivity contribution in [2.24, 2.45) is 0 Å². The van der Waals surface area contributed by atoms with Gasteiger partial charge in [0.05, 0.1) is 19.3 Å². The molecule has 0 bridgehead atoms. The lowest BCUT2D eigenvalue weighted by Gasteiger charge is -2.02. The fourth-order valence-electron chi connectivity index (χ4n) is 1.37. The fourth-order valence-corrected chi connectivity index (χ4v) is 1.37. The molecule has 0 saturated heterocycles. The van der Waals surface area contributed by atoms with Gasteiger partial charge in [0.2, 0.25) is 0 Å². The maximum atomic E-state index is 11.0. The maximum Gasteiger partial charge on any atom is 0.319 e. The van der Waals surface area contributed by atoms with Crippen LogP contribution in [-0.4, -0.2) is 28.9 Å². The van der Waals surface area contributed by atoms with Crippen molar-refractivity contribution in [2.75, 3.05) is 13.2 Å². The van der Waals surface area contributed by atoms with Crippen LogP contribution < -0.4 is 5.32 Å². The Kier molecular flexibility index (Phi) is 5.56. The van der Waals surface area contributed by atoms with Gasteiger partial charge < -0.3 is 10.1 Å². The summed E-state index contributed by atoms with van der Waals surface area (Å²) in [6.45, 7) is 6.15. The summed E-state index contributed by atoms with van der Waals surface area (Å²) in [5.74, 6) is -0.219. The van der Waals surface area contributed by atoms with E-state index in [2.05, 4.69) is 17.3 Å². The summed E-state index contributed by atoms with van der Waals surface area (Å²) >= 11 is 0. The lowest BCUT2D eigenvalue weighted by atomic mass is 10.3. The summed E-state index contributed by atoms with van der Waals surface area (Å²) in [5, 5.41) is 7.21. The van der Waals surface area contributed by atoms with Gasteiger partial charge in [-0.25, -0.2) is 0 Å². The first-order chi connectivity index (χ1) is 7.76. The third kappa shape index (κ3) is 4.44. The Bertz CT molecular complexity index is 323. The predicted molar refractivity (Wildman–Crippen MR) is 60.9 cm³/mol. The number of hydrogen-bond donors (Lipinski definition) is 1. The van der Waals surface area contributed by atoms with Crippen molar-refractivity contribution in [1.82, 2.24) is 15.1 Å². The molecular formula is C11H19N3O2. The summed E-state index contributed by atoms with van der Waals surface area (Å²) in [6, 6.07) is 0. The van der Waals surface area contributed by atoms with Crippen LogP contribution in [0.15, 0.2) is 12.4 Å². The van der Waals surface area contributed by atoms with E-state index in [1.165, 1.54) is 0 Å². The Balaban J connectivity index is 2.23. The smallest absolute Gasteiger partial charge is 0.319 e. The molecule has 0 radical (unpaired) electrons. The summed E-state index contributed by atoms with van der Waals surface area (Å²) in [4.78, 5) is 11.0. The van der Waals surface area contributed by atoms with E-state index in [1.54, 1.807) is 6.92 Å². The standard InChI is InChI=1S/C11H19N3O2/c1-3-5-14-9-10(7-13-14)6-12-8-11(15)16-4-2/h7,9,12H,3-6,8H2,1-2H3. The zero-order valence-corrected chi connectivity index (χ0v) is 9.90. The summed E-state index contributed by atoms with van der Waals surface area (Å²) < 4.78 is 6.71. The molecule has 1 aromatic heterocycles. The molecule has 90 valence electrons. The van der Waals surface area contributed by atoms with Crippen molar-refractivity contribution < 1.29 is 9.53 Å². The Morgan fingerprint density at radius 3 is 3.06 bits per heavy atom. The molecule has 0 saturated carbocycles. The number of aryl methyl sites for hydroxylation is 1. The van der Waals surface area contributed by atoms with E-state index < -0.39 is 0 Å². The van der Waals surface area contributed by atoms with Crippen LogP contribution in [0.2, 0.25) is 0 Å². The number of nitrogens with zero attached hydrogens (tertiary/aromatic N) is 2. The van der Waals surface area contributed by atoms with E-state index >= 15 is 0 Å². The van der Waals surface area contributed by atoms with Gasteiger partial charge in [-0.05, 0) is 13.3 Å². The highest BCUT2D eigenvalue weighted by Crippen LogP contribution is 1.97.